The molecule has 2 fully saturated rings. The molecule has 2 unspecified atom stereocenters. The summed E-state index contributed by atoms with van der Waals surface area (Å²) < 4.78 is 4.67. The molecule has 0 aromatic carbocycles. The number of nitrogens with zero attached hydrogens (tertiary/aromatic N) is 1. The Morgan fingerprint density at radius 2 is 1.93 bits per heavy atom. The number of carbonyl (C=O) groups excluding carboxylic acids is 1. The third kappa shape index (κ3) is 2.82. The molecule has 0 aromatic rings. The highest BCUT2D eigenvalue weighted by molar-refractivity contribution is 5.67. The molecule has 15 heavy (non-hydrogen) atoms. The number of rotatable bonds is 0. The maximum Gasteiger partial charge on any atom is 0.409 e. The molecule has 0 spiro atoms. The molecule has 6 heteroatoms. The maximum atomic E-state index is 11.1. The number of carboxylic acid groups (broad SMARTS) is 1. The van der Waals surface area contributed by atoms with E-state index in [4.69, 9.17) is 9.90 Å². The van der Waals surface area contributed by atoms with Gasteiger partial charge in [0.05, 0.1) is 7.11 Å². The second kappa shape index (κ2) is 5.55. The third-order valence-electron chi connectivity index (χ3n) is 2.82. The van der Waals surface area contributed by atoms with E-state index in [1.807, 2.05) is 0 Å². The Morgan fingerprint density at radius 3 is 2.33 bits per heavy atom. The Morgan fingerprint density at radius 1 is 1.47 bits per heavy atom. The molecule has 2 aliphatic heterocycles. The number of nitrogens with one attached hydrogen (secondary N) is 1. The molecule has 86 valence electrons. The fourth-order valence-corrected chi connectivity index (χ4v) is 2.13. The Labute approximate surface area is 88.2 Å². The molecule has 0 aromatic heterocycles. The summed E-state index contributed by atoms with van der Waals surface area (Å²) in [6.07, 6.45) is -0.176. The quantitative estimate of drug-likeness (QED) is 0.539. The first-order valence-corrected chi connectivity index (χ1v) is 4.84. The molecule has 2 N–H and O–H groups in total. The van der Waals surface area contributed by atoms with Crippen molar-refractivity contribution in [1.82, 2.24) is 10.2 Å². The van der Waals surface area contributed by atoms with Crippen LogP contribution >= 0.6 is 0 Å². The van der Waals surface area contributed by atoms with Crippen LogP contribution in [0.25, 0.3) is 0 Å². The molecule has 2 atom stereocenters. The van der Waals surface area contributed by atoms with Crippen molar-refractivity contribution in [3.63, 3.8) is 0 Å². The molecule has 2 saturated heterocycles. The van der Waals surface area contributed by atoms with Crippen molar-refractivity contribution >= 4 is 12.6 Å². The highest BCUT2D eigenvalue weighted by Crippen LogP contribution is 2.26. The lowest BCUT2D eigenvalue weighted by molar-refractivity contribution is -0.122. The van der Waals surface area contributed by atoms with Crippen LogP contribution in [0.2, 0.25) is 0 Å². The molecule has 2 rings (SSSR count). The lowest BCUT2D eigenvalue weighted by Crippen LogP contribution is -2.31. The summed E-state index contributed by atoms with van der Waals surface area (Å²) in [5.74, 6) is 1.31. The number of carbonyl (C=O) groups is 2. The van der Waals surface area contributed by atoms with Crippen molar-refractivity contribution in [3.05, 3.63) is 0 Å². The molecular formula is C9H16N2O4. The molecule has 0 radical (unpaired) electrons. The predicted molar refractivity (Wildman–Crippen MR) is 52.5 cm³/mol. The maximum absolute atomic E-state index is 11.1. The van der Waals surface area contributed by atoms with E-state index < -0.39 is 0 Å². The smallest absolute Gasteiger partial charge is 0.409 e. The Kier molecular flexibility index (Phi) is 4.36. The van der Waals surface area contributed by atoms with Gasteiger partial charge in [0.1, 0.15) is 0 Å². The number of likely N-dealkylation sites (tertiary alicyclic amines) is 1. The summed E-state index contributed by atoms with van der Waals surface area (Å²) in [6.45, 7) is 3.59. The molecular weight excluding hydrogens is 200 g/mol. The SMILES string of the molecule is COC(=O)N1CC2CNCC2C1.O=CO. The van der Waals surface area contributed by atoms with E-state index in [2.05, 4.69) is 10.1 Å². The highest BCUT2D eigenvalue weighted by Gasteiger charge is 2.38. The van der Waals surface area contributed by atoms with E-state index in [0.29, 0.717) is 11.8 Å². The molecule has 0 aliphatic carbocycles. The summed E-state index contributed by atoms with van der Waals surface area (Å²) in [5, 5.41) is 10.2. The van der Waals surface area contributed by atoms with Gasteiger partial charge >= 0.3 is 6.09 Å². The minimum Gasteiger partial charge on any atom is -0.483 e. The summed E-state index contributed by atoms with van der Waals surface area (Å²) in [4.78, 5) is 21.3. The highest BCUT2D eigenvalue weighted by atomic mass is 16.5. The van der Waals surface area contributed by atoms with Gasteiger partial charge in [0, 0.05) is 26.2 Å². The molecule has 1 amide bonds. The standard InChI is InChI=1S/C8H14N2O2.CH2O2/c1-12-8(11)10-4-6-2-9-3-7(6)5-10;2-1-3/h6-7,9H,2-5H2,1H3;1H,(H,2,3). The van der Waals surface area contributed by atoms with Gasteiger partial charge in [0.15, 0.2) is 0 Å². The van der Waals surface area contributed by atoms with E-state index in [9.17, 15) is 4.79 Å². The number of amides is 1. The van der Waals surface area contributed by atoms with Gasteiger partial charge in [0.2, 0.25) is 0 Å². The van der Waals surface area contributed by atoms with E-state index in [1.54, 1.807) is 4.90 Å². The van der Waals surface area contributed by atoms with Crippen LogP contribution in [0.4, 0.5) is 4.79 Å². The summed E-state index contributed by atoms with van der Waals surface area (Å²) in [5.41, 5.74) is 0. The van der Waals surface area contributed by atoms with Crippen LogP contribution in [-0.4, -0.2) is 55.9 Å². The average Bonchev–Trinajstić information content (AvgIpc) is 2.76. The molecule has 2 aliphatic rings. The first kappa shape index (κ1) is 11.8. The first-order valence-electron chi connectivity index (χ1n) is 4.84. The second-order valence-electron chi connectivity index (χ2n) is 3.66. The molecule has 0 saturated carbocycles. The largest absolute Gasteiger partial charge is 0.483 e. The first-order chi connectivity index (χ1) is 7.22. The number of hydrogen-bond donors (Lipinski definition) is 2. The van der Waals surface area contributed by atoms with E-state index >= 15 is 0 Å². The second-order valence-corrected chi connectivity index (χ2v) is 3.66. The number of methoxy groups -OCH3 is 1. The van der Waals surface area contributed by atoms with Crippen molar-refractivity contribution in [3.8, 4) is 0 Å². The predicted octanol–water partition coefficient (Wildman–Crippen LogP) is -0.395. The Balaban J connectivity index is 0.000000337. The lowest BCUT2D eigenvalue weighted by atomic mass is 10.0. The van der Waals surface area contributed by atoms with E-state index in [-0.39, 0.29) is 12.6 Å². The van der Waals surface area contributed by atoms with Gasteiger partial charge < -0.3 is 20.1 Å². The topological polar surface area (TPSA) is 78.9 Å². The van der Waals surface area contributed by atoms with Crippen LogP contribution in [0.3, 0.4) is 0 Å². The molecule has 6 nitrogen and oxygen atoms in total. The number of fused-ring (bicyclic) bond motifs is 1. The van der Waals surface area contributed by atoms with Crippen molar-refractivity contribution in [2.24, 2.45) is 11.8 Å². The zero-order valence-corrected chi connectivity index (χ0v) is 8.68. The van der Waals surface area contributed by atoms with Crippen LogP contribution < -0.4 is 5.32 Å². The van der Waals surface area contributed by atoms with Crippen LogP contribution in [0.1, 0.15) is 0 Å². The Hall–Kier alpha value is -1.30. The van der Waals surface area contributed by atoms with Gasteiger partial charge in [-0.25, -0.2) is 4.79 Å². The summed E-state index contributed by atoms with van der Waals surface area (Å²) in [7, 11) is 1.44. The monoisotopic (exact) mass is 216 g/mol. The van der Waals surface area contributed by atoms with Gasteiger partial charge in [-0.3, -0.25) is 4.79 Å². The minimum atomic E-state index is -0.250. The summed E-state index contributed by atoms with van der Waals surface area (Å²) in [6, 6.07) is 0. The fraction of sp³-hybridized carbons (Fsp3) is 0.778. The van der Waals surface area contributed by atoms with Gasteiger partial charge in [-0.1, -0.05) is 0 Å². The van der Waals surface area contributed by atoms with Crippen LogP contribution in [0, 0.1) is 11.8 Å². The average molecular weight is 216 g/mol. The normalized spacial score (nSPS) is 27.7. The van der Waals surface area contributed by atoms with E-state index in [1.165, 1.54) is 7.11 Å². The molecule has 0 bridgehead atoms. The van der Waals surface area contributed by atoms with Crippen molar-refractivity contribution in [2.75, 3.05) is 33.3 Å². The van der Waals surface area contributed by atoms with Crippen molar-refractivity contribution in [1.29, 1.82) is 0 Å². The summed E-state index contributed by atoms with van der Waals surface area (Å²) >= 11 is 0. The van der Waals surface area contributed by atoms with Crippen LogP contribution in [-0.2, 0) is 9.53 Å². The minimum absolute atomic E-state index is 0.176. The third-order valence-corrected chi connectivity index (χ3v) is 2.82. The number of ether oxygens (including phenoxy) is 1. The van der Waals surface area contributed by atoms with Crippen LogP contribution in [0.5, 0.6) is 0 Å². The zero-order chi connectivity index (χ0) is 11.3. The molecule has 2 heterocycles. The van der Waals surface area contributed by atoms with E-state index in [0.717, 1.165) is 26.2 Å². The number of hydrogen-bond acceptors (Lipinski definition) is 4. The van der Waals surface area contributed by atoms with Gasteiger partial charge in [-0.15, -0.1) is 0 Å². The van der Waals surface area contributed by atoms with Gasteiger partial charge in [-0.05, 0) is 11.8 Å². The fourth-order valence-electron chi connectivity index (χ4n) is 2.13. The van der Waals surface area contributed by atoms with Crippen LogP contribution in [0.15, 0.2) is 0 Å². The van der Waals surface area contributed by atoms with Gasteiger partial charge in [-0.2, -0.15) is 0 Å². The lowest BCUT2D eigenvalue weighted by Gasteiger charge is -2.14. The zero-order valence-electron chi connectivity index (χ0n) is 8.68. The van der Waals surface area contributed by atoms with Gasteiger partial charge in [0.25, 0.3) is 6.47 Å². The van der Waals surface area contributed by atoms with Crippen molar-refractivity contribution in [2.45, 2.75) is 0 Å². The Bertz CT molecular complexity index is 222. The van der Waals surface area contributed by atoms with Crippen molar-refractivity contribution < 1.29 is 19.4 Å².